The van der Waals surface area contributed by atoms with Gasteiger partial charge in [-0.2, -0.15) is 30.4 Å². The van der Waals surface area contributed by atoms with E-state index in [9.17, 15) is 24.6 Å². The van der Waals surface area contributed by atoms with Crippen LogP contribution in [0.3, 0.4) is 0 Å². The molecule has 0 aliphatic carbocycles. The van der Waals surface area contributed by atoms with Crippen molar-refractivity contribution in [3.8, 4) is 22.5 Å². The zero-order chi connectivity index (χ0) is 47.4. The third kappa shape index (κ3) is 9.62. The summed E-state index contributed by atoms with van der Waals surface area (Å²) in [6.07, 6.45) is 0.313. The maximum absolute atomic E-state index is 14.2. The highest BCUT2D eigenvalue weighted by Crippen LogP contribution is 2.34. The fraction of sp³-hybridized carbons (Fsp3) is 0.104. The number of carbonyl (C=O) groups excluding carboxylic acids is 2. The van der Waals surface area contributed by atoms with E-state index >= 15 is 0 Å². The summed E-state index contributed by atoms with van der Waals surface area (Å²) >= 11 is 5.07. The maximum atomic E-state index is 14.2. The van der Waals surface area contributed by atoms with Crippen LogP contribution in [0, 0.1) is 6.92 Å². The number of hydrogen-bond donors (Lipinski definition) is 4. The minimum atomic E-state index is -0.978. The standard InChI is InChI=1S/C48H36N12O5S4/c1-27-37(24-61)69-45(49-27)55-54-42-40(58-60(44(42)65)48-52-35(26-67-48)30-15-7-3-8-16-30)32-19-11-12-28(22-32)23-36-33(20-21-38(62)63)50-46(68-36)56-53-41-39(31-17-9-4-10-18-31)57-59(43(41)64)47-51-34(25-66-47)29-13-5-2-6-14-29/h2-19,22,25-26,61H,20-21,23-24H2,1H3,(H,49,55)(H,50,56)(H,62,63)/b53-41-,54-42-. The summed E-state index contributed by atoms with van der Waals surface area (Å²) in [4.78, 5) is 60.2. The van der Waals surface area contributed by atoms with Crippen LogP contribution in [0.15, 0.2) is 146 Å². The predicted octanol–water partition coefficient (Wildman–Crippen LogP) is 8.69. The molecule has 17 nitrogen and oxygen atoms in total. The molecule has 0 unspecified atom stereocenters. The molecular weight excluding hydrogens is 953 g/mol. The largest absolute Gasteiger partial charge is 0.481 e. The van der Waals surface area contributed by atoms with E-state index in [1.54, 1.807) is 6.92 Å². The second-order valence-corrected chi connectivity index (χ2v) is 19.1. The normalized spacial score (nSPS) is 14.8. The van der Waals surface area contributed by atoms with Gasteiger partial charge in [-0.05, 0) is 18.6 Å². The van der Waals surface area contributed by atoms with Crippen molar-refractivity contribution in [1.82, 2.24) is 19.9 Å². The molecule has 0 bridgehead atoms. The lowest BCUT2D eigenvalue weighted by molar-refractivity contribution is -0.137. The molecule has 0 atom stereocenters. The molecular formula is C48H36N12O5S4. The molecule has 0 saturated heterocycles. The summed E-state index contributed by atoms with van der Waals surface area (Å²) < 4.78 is 0. The number of aliphatic carboxylic acids is 1. The first-order chi connectivity index (χ1) is 33.7. The number of anilines is 4. The molecule has 2 amide bonds. The highest BCUT2D eigenvalue weighted by atomic mass is 32.1. The lowest BCUT2D eigenvalue weighted by Crippen LogP contribution is -2.28. The minimum Gasteiger partial charge on any atom is -0.481 e. The van der Waals surface area contributed by atoms with Gasteiger partial charge in [-0.15, -0.1) is 22.7 Å². The number of hydrogen-bond acceptors (Lipinski definition) is 18. The number of hydrazone groups is 4. The fourth-order valence-corrected chi connectivity index (χ4v) is 10.6. The van der Waals surface area contributed by atoms with E-state index in [-0.39, 0.29) is 36.6 Å². The molecule has 8 aromatic rings. The first-order valence-corrected chi connectivity index (χ1v) is 24.6. The van der Waals surface area contributed by atoms with E-state index in [1.165, 1.54) is 55.4 Å². The van der Waals surface area contributed by atoms with Crippen molar-refractivity contribution in [3.05, 3.63) is 164 Å². The van der Waals surface area contributed by atoms with Gasteiger partial charge in [0.2, 0.25) is 20.5 Å². The van der Waals surface area contributed by atoms with Gasteiger partial charge in [0, 0.05) is 50.7 Å². The van der Waals surface area contributed by atoms with Crippen LogP contribution in [-0.2, 0) is 33.8 Å². The maximum Gasteiger partial charge on any atom is 0.303 e. The van der Waals surface area contributed by atoms with Crippen molar-refractivity contribution in [2.24, 2.45) is 20.4 Å². The molecule has 0 fully saturated rings. The van der Waals surface area contributed by atoms with E-state index < -0.39 is 17.8 Å². The Labute approximate surface area is 409 Å². The van der Waals surface area contributed by atoms with Crippen molar-refractivity contribution in [1.29, 1.82) is 0 Å². The third-order valence-electron chi connectivity index (χ3n) is 10.7. The number of carbonyl (C=O) groups is 3. The first kappa shape index (κ1) is 44.9. The topological polar surface area (TPSA) is 223 Å². The molecule has 0 radical (unpaired) electrons. The number of aromatic nitrogens is 4. The molecule has 4 aromatic carbocycles. The second-order valence-electron chi connectivity index (χ2n) is 15.2. The molecule has 0 saturated carbocycles. The summed E-state index contributed by atoms with van der Waals surface area (Å²) in [5.41, 5.74) is 13.1. The Morgan fingerprint density at radius 1 is 0.638 bits per heavy atom. The van der Waals surface area contributed by atoms with E-state index in [0.717, 1.165) is 21.6 Å². The van der Waals surface area contributed by atoms with Crippen LogP contribution < -0.4 is 20.9 Å². The minimum absolute atomic E-state index is 0.0254. The van der Waals surface area contributed by atoms with Gasteiger partial charge < -0.3 is 10.2 Å². The van der Waals surface area contributed by atoms with Gasteiger partial charge in [0.1, 0.15) is 11.4 Å². The molecule has 69 heavy (non-hydrogen) atoms. The smallest absolute Gasteiger partial charge is 0.303 e. The molecule has 6 heterocycles. The lowest BCUT2D eigenvalue weighted by atomic mass is 10.0. The Morgan fingerprint density at radius 3 is 1.68 bits per heavy atom. The van der Waals surface area contributed by atoms with Crippen LogP contribution in [0.1, 0.15) is 44.3 Å². The van der Waals surface area contributed by atoms with E-state index in [4.69, 9.17) is 25.2 Å². The van der Waals surface area contributed by atoms with Gasteiger partial charge in [-0.1, -0.05) is 132 Å². The quantitative estimate of drug-likeness (QED) is 0.0670. The molecule has 4 N–H and O–H groups in total. The summed E-state index contributed by atoms with van der Waals surface area (Å²) in [5, 5.41) is 45.7. The predicted molar refractivity (Wildman–Crippen MR) is 272 cm³/mol. The molecule has 10 rings (SSSR count). The number of aliphatic hydroxyl groups is 1. The Balaban J connectivity index is 0.946. The number of aryl methyl sites for hydroxylation is 2. The number of rotatable bonds is 16. The van der Waals surface area contributed by atoms with Crippen molar-refractivity contribution < 1.29 is 24.6 Å². The Kier molecular flexibility index (Phi) is 12.8. The van der Waals surface area contributed by atoms with Crippen LogP contribution in [0.25, 0.3) is 22.5 Å². The fourth-order valence-electron chi connectivity index (χ4n) is 7.27. The number of nitrogens with one attached hydrogen (secondary N) is 2. The molecule has 2 aliphatic rings. The van der Waals surface area contributed by atoms with Crippen molar-refractivity contribution in [3.63, 3.8) is 0 Å². The van der Waals surface area contributed by atoms with Gasteiger partial charge in [-0.25, -0.2) is 19.9 Å². The molecule has 21 heteroatoms. The number of nitrogens with zero attached hydrogens (tertiary/aromatic N) is 10. The van der Waals surface area contributed by atoms with Crippen molar-refractivity contribution in [2.75, 3.05) is 20.9 Å². The summed E-state index contributed by atoms with van der Waals surface area (Å²) in [7, 11) is 0. The van der Waals surface area contributed by atoms with Crippen LogP contribution in [0.2, 0.25) is 0 Å². The highest BCUT2D eigenvalue weighted by molar-refractivity contribution is 7.16. The summed E-state index contributed by atoms with van der Waals surface area (Å²) in [5.74, 6) is -1.96. The van der Waals surface area contributed by atoms with Crippen molar-refractivity contribution >= 4 is 107 Å². The number of benzene rings is 4. The number of thiazole rings is 4. The average Bonchev–Trinajstić information content (AvgIpc) is 4.25. The van der Waals surface area contributed by atoms with Crippen LogP contribution in [0.4, 0.5) is 20.5 Å². The Hall–Kier alpha value is -7.95. The zero-order valence-electron chi connectivity index (χ0n) is 36.2. The summed E-state index contributed by atoms with van der Waals surface area (Å²) in [6, 6.07) is 36.0. The first-order valence-electron chi connectivity index (χ1n) is 21.2. The van der Waals surface area contributed by atoms with Gasteiger partial charge >= 0.3 is 17.8 Å². The van der Waals surface area contributed by atoms with Crippen molar-refractivity contribution in [2.45, 2.75) is 32.8 Å². The molecule has 4 aromatic heterocycles. The highest BCUT2D eigenvalue weighted by Gasteiger charge is 2.37. The molecule has 342 valence electrons. The van der Waals surface area contributed by atoms with Gasteiger partial charge in [0.25, 0.3) is 0 Å². The van der Waals surface area contributed by atoms with Gasteiger partial charge in [0.15, 0.2) is 11.4 Å². The number of carboxylic acids is 1. The molecule has 0 spiro atoms. The van der Waals surface area contributed by atoms with E-state index in [1.807, 2.05) is 126 Å². The third-order valence-corrected chi connectivity index (χ3v) is 14.3. The van der Waals surface area contributed by atoms with Crippen LogP contribution >= 0.6 is 45.3 Å². The average molecular weight is 989 g/mol. The SMILES string of the molecule is Cc1nc(N/N=C2\C(=O)N(c3nc(-c4ccccc4)cs3)N=C2c2cccc(Cc3sc(N/N=C4\C(=O)N(c5nc(-c6ccccc6)cs5)N=C4c4ccccc4)nc3CCC(=O)O)c2)sc1CO. The number of carboxylic acid groups (broad SMARTS) is 1. The number of aliphatic hydroxyl groups excluding tert-OH is 1. The Bertz CT molecular complexity index is 3360. The van der Waals surface area contributed by atoms with E-state index in [0.29, 0.717) is 71.4 Å². The lowest BCUT2D eigenvalue weighted by Gasteiger charge is -2.06. The van der Waals surface area contributed by atoms with Crippen LogP contribution in [-0.4, -0.2) is 70.8 Å². The monoisotopic (exact) mass is 988 g/mol. The van der Waals surface area contributed by atoms with E-state index in [2.05, 4.69) is 26.0 Å². The number of amides is 2. The molecule has 2 aliphatic heterocycles. The zero-order valence-corrected chi connectivity index (χ0v) is 39.4. The second kappa shape index (κ2) is 19.7. The Morgan fingerprint density at radius 2 is 1.14 bits per heavy atom. The van der Waals surface area contributed by atoms with Gasteiger partial charge in [0.05, 0.1) is 40.7 Å². The summed E-state index contributed by atoms with van der Waals surface area (Å²) in [6.45, 7) is 1.60. The van der Waals surface area contributed by atoms with Gasteiger partial charge in [-0.3, -0.25) is 25.2 Å². The van der Waals surface area contributed by atoms with Crippen LogP contribution in [0.5, 0.6) is 0 Å².